The Hall–Kier alpha value is -3.58. The molecule has 0 saturated heterocycles. The number of aryl methyl sites for hydroxylation is 1. The van der Waals surface area contributed by atoms with Crippen molar-refractivity contribution in [2.75, 3.05) is 10.2 Å². The number of amides is 1. The highest BCUT2D eigenvalue weighted by atomic mass is 16.2. The maximum absolute atomic E-state index is 13.3. The van der Waals surface area contributed by atoms with Crippen molar-refractivity contribution in [3.8, 4) is 6.07 Å². The number of carbonyl (C=O) groups excluding carboxylic acids is 1. The second-order valence-corrected chi connectivity index (χ2v) is 6.34. The molecule has 3 aromatic rings. The van der Waals surface area contributed by atoms with Crippen molar-refractivity contribution in [1.29, 1.82) is 5.26 Å². The Morgan fingerprint density at radius 1 is 1.00 bits per heavy atom. The third-order valence-electron chi connectivity index (χ3n) is 4.56. The SMILES string of the molecule is Cc1cccc(N2C(=O)c3ccccc3N[C@@H]2c2ccc(C#N)cc2)c1. The molecule has 26 heavy (non-hydrogen) atoms. The molecule has 126 valence electrons. The van der Waals surface area contributed by atoms with Crippen LogP contribution in [-0.4, -0.2) is 5.91 Å². The summed E-state index contributed by atoms with van der Waals surface area (Å²) in [6, 6.07) is 24.9. The normalized spacial score (nSPS) is 15.8. The minimum Gasteiger partial charge on any atom is -0.360 e. The molecule has 0 radical (unpaired) electrons. The molecule has 0 aliphatic carbocycles. The maximum atomic E-state index is 13.3. The van der Waals surface area contributed by atoms with Gasteiger partial charge in [-0.25, -0.2) is 0 Å². The van der Waals surface area contributed by atoms with E-state index in [2.05, 4.69) is 11.4 Å². The van der Waals surface area contributed by atoms with Crippen molar-refractivity contribution < 1.29 is 4.79 Å². The van der Waals surface area contributed by atoms with Crippen LogP contribution in [0.3, 0.4) is 0 Å². The van der Waals surface area contributed by atoms with Crippen molar-refractivity contribution in [3.63, 3.8) is 0 Å². The summed E-state index contributed by atoms with van der Waals surface area (Å²) in [4.78, 5) is 15.0. The number of nitrogens with one attached hydrogen (secondary N) is 1. The highest BCUT2D eigenvalue weighted by molar-refractivity contribution is 6.12. The Balaban J connectivity index is 1.85. The van der Waals surface area contributed by atoms with E-state index in [1.165, 1.54) is 0 Å². The van der Waals surface area contributed by atoms with E-state index < -0.39 is 0 Å². The van der Waals surface area contributed by atoms with E-state index in [0.717, 1.165) is 22.5 Å². The first-order chi connectivity index (χ1) is 12.7. The lowest BCUT2D eigenvalue weighted by atomic mass is 10.0. The van der Waals surface area contributed by atoms with Gasteiger partial charge in [0.1, 0.15) is 6.17 Å². The molecule has 1 amide bonds. The molecule has 0 fully saturated rings. The number of anilines is 2. The van der Waals surface area contributed by atoms with Gasteiger partial charge in [-0.1, -0.05) is 36.4 Å². The number of hydrogen-bond acceptors (Lipinski definition) is 3. The quantitative estimate of drug-likeness (QED) is 0.740. The predicted octanol–water partition coefficient (Wildman–Crippen LogP) is 4.64. The van der Waals surface area contributed by atoms with Crippen LogP contribution in [-0.2, 0) is 0 Å². The van der Waals surface area contributed by atoms with Gasteiger partial charge in [0.05, 0.1) is 17.2 Å². The molecular weight excluding hydrogens is 322 g/mol. The third kappa shape index (κ3) is 2.70. The fourth-order valence-corrected chi connectivity index (χ4v) is 3.27. The number of fused-ring (bicyclic) bond motifs is 1. The summed E-state index contributed by atoms with van der Waals surface area (Å²) in [5.41, 5.74) is 4.92. The van der Waals surface area contributed by atoms with Crippen LogP contribution in [0.5, 0.6) is 0 Å². The first-order valence-electron chi connectivity index (χ1n) is 8.43. The summed E-state index contributed by atoms with van der Waals surface area (Å²) in [6.07, 6.45) is -0.341. The van der Waals surface area contributed by atoms with Crippen molar-refractivity contribution in [1.82, 2.24) is 0 Å². The lowest BCUT2D eigenvalue weighted by Gasteiger charge is -2.38. The Morgan fingerprint density at radius 2 is 1.77 bits per heavy atom. The number of benzene rings is 3. The first-order valence-corrected chi connectivity index (χ1v) is 8.43. The molecule has 0 spiro atoms. The summed E-state index contributed by atoms with van der Waals surface area (Å²) in [5, 5.41) is 12.5. The van der Waals surface area contributed by atoms with Crippen LogP contribution in [0.4, 0.5) is 11.4 Å². The number of hydrogen-bond donors (Lipinski definition) is 1. The highest BCUT2D eigenvalue weighted by Crippen LogP contribution is 2.36. The average molecular weight is 339 g/mol. The summed E-state index contributed by atoms with van der Waals surface area (Å²) >= 11 is 0. The van der Waals surface area contributed by atoms with E-state index in [1.54, 1.807) is 17.0 Å². The first kappa shape index (κ1) is 15.9. The van der Waals surface area contributed by atoms with E-state index in [0.29, 0.717) is 11.1 Å². The molecule has 1 aliphatic heterocycles. The number of nitriles is 1. The minimum absolute atomic E-state index is 0.0423. The predicted molar refractivity (Wildman–Crippen MR) is 102 cm³/mol. The average Bonchev–Trinajstić information content (AvgIpc) is 2.68. The molecular formula is C22H17N3O. The number of para-hydroxylation sites is 1. The number of carbonyl (C=O) groups is 1. The topological polar surface area (TPSA) is 56.1 Å². The molecule has 4 nitrogen and oxygen atoms in total. The van der Waals surface area contributed by atoms with Crippen molar-refractivity contribution >= 4 is 17.3 Å². The monoisotopic (exact) mass is 339 g/mol. The van der Waals surface area contributed by atoms with Crippen LogP contribution in [0.25, 0.3) is 0 Å². The molecule has 4 heteroatoms. The summed E-state index contributed by atoms with van der Waals surface area (Å²) in [5.74, 6) is -0.0423. The van der Waals surface area contributed by atoms with Gasteiger partial charge in [0, 0.05) is 11.4 Å². The molecule has 1 aliphatic rings. The Labute approximate surface area is 152 Å². The third-order valence-corrected chi connectivity index (χ3v) is 4.56. The highest BCUT2D eigenvalue weighted by Gasteiger charge is 2.33. The largest absolute Gasteiger partial charge is 0.360 e. The Kier molecular flexibility index (Phi) is 3.91. The van der Waals surface area contributed by atoms with Crippen molar-refractivity contribution in [2.45, 2.75) is 13.1 Å². The molecule has 1 N–H and O–H groups in total. The van der Waals surface area contributed by atoms with Gasteiger partial charge in [-0.15, -0.1) is 0 Å². The van der Waals surface area contributed by atoms with Crippen LogP contribution in [0.15, 0.2) is 72.8 Å². The summed E-state index contributed by atoms with van der Waals surface area (Å²) in [7, 11) is 0. The van der Waals surface area contributed by atoms with Crippen molar-refractivity contribution in [2.24, 2.45) is 0 Å². The lowest BCUT2D eigenvalue weighted by molar-refractivity contribution is 0.0975. The molecule has 0 unspecified atom stereocenters. The fourth-order valence-electron chi connectivity index (χ4n) is 3.27. The molecule has 4 rings (SSSR count). The maximum Gasteiger partial charge on any atom is 0.262 e. The van der Waals surface area contributed by atoms with Gasteiger partial charge in [-0.05, 0) is 54.4 Å². The van der Waals surface area contributed by atoms with Crippen LogP contribution in [0, 0.1) is 18.3 Å². The standard InChI is InChI=1S/C22H17N3O/c1-15-5-4-6-18(13-15)25-21(17-11-9-16(14-23)10-12-17)24-20-8-3-2-7-19(20)22(25)26/h2-13,21,24H,1H3/t21-/m0/s1. The van der Waals surface area contributed by atoms with E-state index >= 15 is 0 Å². The van der Waals surface area contributed by atoms with Crippen LogP contribution in [0.1, 0.15) is 33.2 Å². The van der Waals surface area contributed by atoms with E-state index in [1.807, 2.05) is 67.6 Å². The van der Waals surface area contributed by atoms with E-state index in [4.69, 9.17) is 5.26 Å². The molecule has 3 aromatic carbocycles. The second-order valence-electron chi connectivity index (χ2n) is 6.34. The lowest BCUT2D eigenvalue weighted by Crippen LogP contribution is -2.43. The summed E-state index contributed by atoms with van der Waals surface area (Å²) < 4.78 is 0. The minimum atomic E-state index is -0.341. The van der Waals surface area contributed by atoms with E-state index in [9.17, 15) is 4.79 Å². The van der Waals surface area contributed by atoms with Crippen molar-refractivity contribution in [3.05, 3.63) is 95.1 Å². The van der Waals surface area contributed by atoms with Gasteiger partial charge in [-0.3, -0.25) is 9.69 Å². The van der Waals surface area contributed by atoms with Gasteiger partial charge in [0.25, 0.3) is 5.91 Å². The van der Waals surface area contributed by atoms with Gasteiger partial charge in [0.2, 0.25) is 0 Å². The smallest absolute Gasteiger partial charge is 0.262 e. The zero-order valence-corrected chi connectivity index (χ0v) is 14.3. The zero-order chi connectivity index (χ0) is 18.1. The fraction of sp³-hybridized carbons (Fsp3) is 0.0909. The van der Waals surface area contributed by atoms with Gasteiger partial charge < -0.3 is 5.32 Å². The van der Waals surface area contributed by atoms with Gasteiger partial charge >= 0.3 is 0 Å². The van der Waals surface area contributed by atoms with E-state index in [-0.39, 0.29) is 12.1 Å². The Morgan fingerprint density at radius 3 is 2.50 bits per heavy atom. The number of rotatable bonds is 2. The second kappa shape index (κ2) is 6.38. The molecule has 0 aromatic heterocycles. The van der Waals surface area contributed by atoms with Gasteiger partial charge in [0.15, 0.2) is 0 Å². The summed E-state index contributed by atoms with van der Waals surface area (Å²) in [6.45, 7) is 2.01. The van der Waals surface area contributed by atoms with Crippen LogP contribution < -0.4 is 10.2 Å². The molecule has 0 saturated carbocycles. The Bertz CT molecular complexity index is 1020. The van der Waals surface area contributed by atoms with Crippen LogP contribution in [0.2, 0.25) is 0 Å². The molecule has 1 atom stereocenters. The van der Waals surface area contributed by atoms with Gasteiger partial charge in [-0.2, -0.15) is 5.26 Å². The molecule has 0 bridgehead atoms. The zero-order valence-electron chi connectivity index (χ0n) is 14.3. The van der Waals surface area contributed by atoms with Crippen LogP contribution >= 0.6 is 0 Å². The number of nitrogens with zero attached hydrogens (tertiary/aromatic N) is 2. The molecule has 1 heterocycles.